The Bertz CT molecular complexity index is 816. The summed E-state index contributed by atoms with van der Waals surface area (Å²) in [7, 11) is 1.48. The molecule has 2 aromatic rings. The van der Waals surface area contributed by atoms with Gasteiger partial charge in [0.25, 0.3) is 5.91 Å². The van der Waals surface area contributed by atoms with Crippen LogP contribution >= 0.6 is 0 Å². The van der Waals surface area contributed by atoms with Crippen LogP contribution in [0.2, 0.25) is 0 Å². The molecule has 1 N–H and O–H groups in total. The monoisotopic (exact) mass is 369 g/mol. The molecular formula is C21H23NO5. The number of rotatable bonds is 9. The van der Waals surface area contributed by atoms with Crippen molar-refractivity contribution in [3.05, 3.63) is 71.8 Å². The molecule has 6 heteroatoms. The molecule has 0 bridgehead atoms. The zero-order chi connectivity index (χ0) is 19.6. The minimum absolute atomic E-state index is 0.268. The van der Waals surface area contributed by atoms with Gasteiger partial charge in [-0.3, -0.25) is 4.79 Å². The Hall–Kier alpha value is -3.28. The number of carbonyl (C=O) groups is 2. The number of amides is 1. The number of benzene rings is 2. The minimum atomic E-state index is -0.616. The molecule has 142 valence electrons. The first-order valence-electron chi connectivity index (χ1n) is 8.45. The van der Waals surface area contributed by atoms with Gasteiger partial charge < -0.3 is 19.5 Å². The van der Waals surface area contributed by atoms with Gasteiger partial charge in [0.1, 0.15) is 6.61 Å². The molecule has 0 fully saturated rings. The quantitative estimate of drug-likeness (QED) is 0.543. The smallest absolute Gasteiger partial charge is 0.338 e. The Balaban J connectivity index is 1.88. The summed E-state index contributed by atoms with van der Waals surface area (Å²) in [6.45, 7) is 5.89. The lowest BCUT2D eigenvalue weighted by Gasteiger charge is -2.11. The summed E-state index contributed by atoms with van der Waals surface area (Å²) in [5, 5.41) is 2.73. The second-order valence-corrected chi connectivity index (χ2v) is 5.74. The molecule has 0 aromatic heterocycles. The van der Waals surface area contributed by atoms with Crippen LogP contribution in [0, 0.1) is 6.92 Å². The van der Waals surface area contributed by atoms with Gasteiger partial charge in [-0.1, -0.05) is 36.9 Å². The maximum Gasteiger partial charge on any atom is 0.338 e. The maximum atomic E-state index is 12.2. The Morgan fingerprint density at radius 2 is 1.93 bits per heavy atom. The number of nitrogens with one attached hydrogen (secondary N) is 1. The van der Waals surface area contributed by atoms with Crippen LogP contribution in [0.1, 0.15) is 21.5 Å². The van der Waals surface area contributed by atoms with Crippen molar-refractivity contribution in [1.29, 1.82) is 0 Å². The lowest BCUT2D eigenvalue weighted by Crippen LogP contribution is -2.28. The highest BCUT2D eigenvalue weighted by molar-refractivity contribution is 5.92. The van der Waals surface area contributed by atoms with Crippen molar-refractivity contribution in [2.75, 3.05) is 20.3 Å². The fraction of sp³-hybridized carbons (Fsp3) is 0.238. The van der Waals surface area contributed by atoms with E-state index in [1.165, 1.54) is 13.2 Å². The standard InChI is InChI=1S/C21H23NO5/c1-4-11-26-18-10-9-16(12-19(18)25-3)21(24)27-14-20(23)22-13-17-8-6-5-7-15(17)2/h4-10,12H,1,11,13-14H2,2-3H3,(H,22,23). The first kappa shape index (κ1) is 20.0. The van der Waals surface area contributed by atoms with Crippen molar-refractivity contribution < 1.29 is 23.8 Å². The number of methoxy groups -OCH3 is 1. The highest BCUT2D eigenvalue weighted by Gasteiger charge is 2.14. The van der Waals surface area contributed by atoms with E-state index in [0.29, 0.717) is 24.7 Å². The molecule has 0 aliphatic rings. The first-order valence-corrected chi connectivity index (χ1v) is 8.45. The molecule has 2 rings (SSSR count). The van der Waals surface area contributed by atoms with Gasteiger partial charge in [-0.15, -0.1) is 0 Å². The molecule has 0 heterocycles. The molecule has 0 unspecified atom stereocenters. The van der Waals surface area contributed by atoms with Crippen molar-refractivity contribution in [2.24, 2.45) is 0 Å². The zero-order valence-electron chi connectivity index (χ0n) is 15.5. The molecule has 0 radical (unpaired) electrons. The van der Waals surface area contributed by atoms with Crippen LogP contribution in [0.3, 0.4) is 0 Å². The van der Waals surface area contributed by atoms with E-state index < -0.39 is 5.97 Å². The van der Waals surface area contributed by atoms with Crippen LogP contribution < -0.4 is 14.8 Å². The van der Waals surface area contributed by atoms with Crippen molar-refractivity contribution in [3.63, 3.8) is 0 Å². The van der Waals surface area contributed by atoms with Gasteiger partial charge in [0, 0.05) is 6.54 Å². The molecule has 2 aromatic carbocycles. The van der Waals surface area contributed by atoms with Crippen molar-refractivity contribution in [2.45, 2.75) is 13.5 Å². The second kappa shape index (κ2) is 10.0. The number of aryl methyl sites for hydroxylation is 1. The maximum absolute atomic E-state index is 12.2. The van der Waals surface area contributed by atoms with Gasteiger partial charge in [0.05, 0.1) is 12.7 Å². The number of ether oxygens (including phenoxy) is 3. The van der Waals surface area contributed by atoms with Gasteiger partial charge in [-0.05, 0) is 36.2 Å². The number of carbonyl (C=O) groups excluding carboxylic acids is 2. The molecule has 0 aliphatic carbocycles. The van der Waals surface area contributed by atoms with E-state index in [1.807, 2.05) is 31.2 Å². The van der Waals surface area contributed by atoms with Gasteiger partial charge >= 0.3 is 5.97 Å². The Morgan fingerprint density at radius 3 is 2.63 bits per heavy atom. The summed E-state index contributed by atoms with van der Waals surface area (Å²) in [6.07, 6.45) is 1.61. The molecule has 0 aliphatic heterocycles. The van der Waals surface area contributed by atoms with Gasteiger partial charge in [0.15, 0.2) is 18.1 Å². The zero-order valence-corrected chi connectivity index (χ0v) is 15.5. The molecule has 0 atom stereocenters. The lowest BCUT2D eigenvalue weighted by atomic mass is 10.1. The average molecular weight is 369 g/mol. The topological polar surface area (TPSA) is 73.9 Å². The van der Waals surface area contributed by atoms with Crippen LogP contribution in [0.25, 0.3) is 0 Å². The van der Waals surface area contributed by atoms with E-state index in [4.69, 9.17) is 14.2 Å². The molecular weight excluding hydrogens is 346 g/mol. The van der Waals surface area contributed by atoms with Crippen LogP contribution in [0.15, 0.2) is 55.1 Å². The van der Waals surface area contributed by atoms with E-state index in [1.54, 1.807) is 18.2 Å². The molecule has 1 amide bonds. The van der Waals surface area contributed by atoms with Gasteiger partial charge in [0.2, 0.25) is 0 Å². The fourth-order valence-corrected chi connectivity index (χ4v) is 2.33. The molecule has 27 heavy (non-hydrogen) atoms. The summed E-state index contributed by atoms with van der Waals surface area (Å²) < 4.78 is 15.7. The molecule has 0 saturated heterocycles. The van der Waals surface area contributed by atoms with E-state index >= 15 is 0 Å². The number of hydrogen-bond acceptors (Lipinski definition) is 5. The Kier molecular flexibility index (Phi) is 7.43. The SMILES string of the molecule is C=CCOc1ccc(C(=O)OCC(=O)NCc2ccccc2C)cc1OC. The first-order chi connectivity index (χ1) is 13.0. The van der Waals surface area contributed by atoms with Crippen LogP contribution in [0.4, 0.5) is 0 Å². The predicted octanol–water partition coefficient (Wildman–Crippen LogP) is 3.04. The number of hydrogen-bond donors (Lipinski definition) is 1. The molecule has 6 nitrogen and oxygen atoms in total. The second-order valence-electron chi connectivity index (χ2n) is 5.74. The van der Waals surface area contributed by atoms with E-state index in [-0.39, 0.29) is 18.1 Å². The van der Waals surface area contributed by atoms with E-state index in [0.717, 1.165) is 11.1 Å². The van der Waals surface area contributed by atoms with Crippen LogP contribution in [0.5, 0.6) is 11.5 Å². The Labute approximate surface area is 158 Å². The van der Waals surface area contributed by atoms with Gasteiger partial charge in [-0.2, -0.15) is 0 Å². The minimum Gasteiger partial charge on any atom is -0.493 e. The average Bonchev–Trinajstić information content (AvgIpc) is 2.69. The third-order valence-corrected chi connectivity index (χ3v) is 3.83. The summed E-state index contributed by atoms with van der Waals surface area (Å²) in [4.78, 5) is 24.1. The summed E-state index contributed by atoms with van der Waals surface area (Å²) >= 11 is 0. The summed E-state index contributed by atoms with van der Waals surface area (Å²) in [5.74, 6) is -0.0978. The highest BCUT2D eigenvalue weighted by atomic mass is 16.5. The summed E-state index contributed by atoms with van der Waals surface area (Å²) in [5.41, 5.74) is 2.36. The van der Waals surface area contributed by atoms with Crippen molar-refractivity contribution >= 4 is 11.9 Å². The third-order valence-electron chi connectivity index (χ3n) is 3.83. The van der Waals surface area contributed by atoms with E-state index in [2.05, 4.69) is 11.9 Å². The number of esters is 1. The van der Waals surface area contributed by atoms with Crippen LogP contribution in [-0.4, -0.2) is 32.2 Å². The predicted molar refractivity (Wildman–Crippen MR) is 102 cm³/mol. The van der Waals surface area contributed by atoms with E-state index in [9.17, 15) is 9.59 Å². The van der Waals surface area contributed by atoms with Crippen LogP contribution in [-0.2, 0) is 16.1 Å². The lowest BCUT2D eigenvalue weighted by molar-refractivity contribution is -0.124. The summed E-state index contributed by atoms with van der Waals surface area (Å²) in [6, 6.07) is 12.4. The van der Waals surface area contributed by atoms with Crippen molar-refractivity contribution in [1.82, 2.24) is 5.32 Å². The Morgan fingerprint density at radius 1 is 1.15 bits per heavy atom. The highest BCUT2D eigenvalue weighted by Crippen LogP contribution is 2.28. The van der Waals surface area contributed by atoms with Crippen molar-refractivity contribution in [3.8, 4) is 11.5 Å². The fourth-order valence-electron chi connectivity index (χ4n) is 2.33. The third kappa shape index (κ3) is 5.88. The largest absolute Gasteiger partial charge is 0.493 e. The molecule has 0 saturated carbocycles. The molecule has 0 spiro atoms. The normalized spacial score (nSPS) is 10.0. The van der Waals surface area contributed by atoms with Gasteiger partial charge in [-0.25, -0.2) is 4.79 Å².